The van der Waals surface area contributed by atoms with E-state index in [0.717, 1.165) is 56.4 Å². The first kappa shape index (κ1) is 28.8. The first-order chi connectivity index (χ1) is 17.9. The number of hydrogen-bond donors (Lipinski definition) is 1. The standard InChI is InChI=1S/C33H51NO5/c1-20(35)39-25-11-12-31(6)24(28(25,2)3)10-13-33(8)26(31)23(36)18-21-22-19-30(5,27(37)34(9)38)15-14-29(22,4)16-17-32(21,33)7/h18,22,24-26,38H,10-17,19H2,1-9H3/t22?,24?,25-,26?,29+,30-,31-,32+,33+/m0/s1. The van der Waals surface area contributed by atoms with E-state index in [2.05, 4.69) is 41.5 Å². The highest BCUT2D eigenvalue weighted by atomic mass is 16.5. The molecular weight excluding hydrogens is 490 g/mol. The van der Waals surface area contributed by atoms with Crippen molar-refractivity contribution in [1.82, 2.24) is 5.06 Å². The number of carbonyl (C=O) groups is 3. The van der Waals surface area contributed by atoms with Crippen molar-refractivity contribution in [1.29, 1.82) is 0 Å². The third-order valence-electron chi connectivity index (χ3n) is 13.6. The summed E-state index contributed by atoms with van der Waals surface area (Å²) in [5, 5.41) is 10.8. The van der Waals surface area contributed by atoms with Gasteiger partial charge in [0.25, 0.3) is 5.91 Å². The number of hydroxylamine groups is 2. The lowest BCUT2D eigenvalue weighted by atomic mass is 9.33. The number of allylic oxidation sites excluding steroid dienone is 2. The maximum Gasteiger partial charge on any atom is 0.302 e. The maximum absolute atomic E-state index is 14.5. The van der Waals surface area contributed by atoms with Crippen LogP contribution < -0.4 is 0 Å². The molecule has 6 nitrogen and oxygen atoms in total. The van der Waals surface area contributed by atoms with Crippen molar-refractivity contribution in [3.63, 3.8) is 0 Å². The van der Waals surface area contributed by atoms with E-state index in [-0.39, 0.29) is 62.7 Å². The molecule has 0 aromatic carbocycles. The van der Waals surface area contributed by atoms with Gasteiger partial charge in [-0.15, -0.1) is 0 Å². The fourth-order valence-corrected chi connectivity index (χ4v) is 11.2. The molecule has 0 heterocycles. The molecule has 0 aliphatic heterocycles. The number of carbonyl (C=O) groups excluding carboxylic acids is 3. The van der Waals surface area contributed by atoms with Crippen LogP contribution in [0.4, 0.5) is 0 Å². The van der Waals surface area contributed by atoms with Crippen LogP contribution in [0.1, 0.15) is 113 Å². The van der Waals surface area contributed by atoms with Crippen LogP contribution in [0.5, 0.6) is 0 Å². The van der Waals surface area contributed by atoms with Gasteiger partial charge >= 0.3 is 5.97 Å². The lowest BCUT2D eigenvalue weighted by Gasteiger charge is -2.70. The van der Waals surface area contributed by atoms with Crippen LogP contribution >= 0.6 is 0 Å². The van der Waals surface area contributed by atoms with Crippen molar-refractivity contribution in [2.75, 3.05) is 7.05 Å². The van der Waals surface area contributed by atoms with Gasteiger partial charge in [0, 0.05) is 30.7 Å². The van der Waals surface area contributed by atoms with Gasteiger partial charge in [-0.2, -0.15) is 0 Å². The Morgan fingerprint density at radius 1 is 0.949 bits per heavy atom. The molecule has 4 saturated carbocycles. The summed E-state index contributed by atoms with van der Waals surface area (Å²) in [5.41, 5.74) is 0.0629. The van der Waals surface area contributed by atoms with Gasteiger partial charge in [-0.05, 0) is 97.4 Å². The molecule has 0 saturated heterocycles. The van der Waals surface area contributed by atoms with Gasteiger partial charge < -0.3 is 4.74 Å². The van der Waals surface area contributed by atoms with Gasteiger partial charge in [-0.3, -0.25) is 19.6 Å². The Labute approximate surface area is 235 Å². The van der Waals surface area contributed by atoms with Crippen LogP contribution in [0.2, 0.25) is 0 Å². The van der Waals surface area contributed by atoms with Crippen molar-refractivity contribution in [3.05, 3.63) is 11.6 Å². The van der Waals surface area contributed by atoms with E-state index in [1.165, 1.54) is 19.5 Å². The van der Waals surface area contributed by atoms with E-state index in [4.69, 9.17) is 4.74 Å². The number of nitrogens with zero attached hydrogens (tertiary/aromatic N) is 1. The van der Waals surface area contributed by atoms with E-state index >= 15 is 0 Å². The summed E-state index contributed by atoms with van der Waals surface area (Å²) >= 11 is 0. The van der Waals surface area contributed by atoms with Crippen molar-refractivity contribution < 1.29 is 24.3 Å². The fourth-order valence-electron chi connectivity index (χ4n) is 11.2. The number of fused-ring (bicyclic) bond motifs is 7. The average Bonchev–Trinajstić information content (AvgIpc) is 2.82. The lowest BCUT2D eigenvalue weighted by molar-refractivity contribution is -0.210. The van der Waals surface area contributed by atoms with E-state index in [1.54, 1.807) is 0 Å². The summed E-state index contributed by atoms with van der Waals surface area (Å²) in [6, 6.07) is 0. The molecule has 1 amide bonds. The number of amides is 1. The number of rotatable bonds is 2. The summed E-state index contributed by atoms with van der Waals surface area (Å²) < 4.78 is 5.84. The van der Waals surface area contributed by atoms with Gasteiger partial charge in [-0.1, -0.05) is 54.0 Å². The smallest absolute Gasteiger partial charge is 0.302 e. The van der Waals surface area contributed by atoms with Gasteiger partial charge in [0.2, 0.25) is 0 Å². The number of hydrogen-bond acceptors (Lipinski definition) is 5. The molecule has 9 atom stereocenters. The molecule has 0 bridgehead atoms. The number of esters is 1. The second-order valence-corrected chi connectivity index (χ2v) is 16.0. The Bertz CT molecular complexity index is 1130. The predicted octanol–water partition coefficient (Wildman–Crippen LogP) is 6.75. The first-order valence-electron chi connectivity index (χ1n) is 15.3. The summed E-state index contributed by atoms with van der Waals surface area (Å²) in [4.78, 5) is 39.5. The Morgan fingerprint density at radius 3 is 2.21 bits per heavy atom. The normalized spacial score (nSPS) is 48.5. The Balaban J connectivity index is 1.57. The second-order valence-electron chi connectivity index (χ2n) is 16.0. The largest absolute Gasteiger partial charge is 0.462 e. The van der Waals surface area contributed by atoms with Crippen LogP contribution in [-0.2, 0) is 19.1 Å². The molecule has 0 spiro atoms. The maximum atomic E-state index is 14.5. The second kappa shape index (κ2) is 8.66. The highest BCUT2D eigenvalue weighted by molar-refractivity contribution is 5.95. The van der Waals surface area contributed by atoms with Crippen molar-refractivity contribution in [3.8, 4) is 0 Å². The van der Waals surface area contributed by atoms with Crippen LogP contribution in [-0.4, -0.2) is 41.1 Å². The molecule has 39 heavy (non-hydrogen) atoms. The molecule has 6 heteroatoms. The molecule has 5 aliphatic rings. The zero-order valence-corrected chi connectivity index (χ0v) is 25.8. The minimum Gasteiger partial charge on any atom is -0.462 e. The molecule has 218 valence electrons. The highest BCUT2D eigenvalue weighted by Crippen LogP contribution is 2.75. The van der Waals surface area contributed by atoms with Gasteiger partial charge in [0.05, 0.1) is 0 Å². The zero-order valence-electron chi connectivity index (χ0n) is 25.8. The molecule has 3 unspecified atom stereocenters. The SMILES string of the molecule is CC(=O)O[C@H]1CC[C@@]2(C)C(CC[C@]3(C)C2C(=O)C=C2C4C[C@@](C)(C(=O)N(C)O)CC[C@]4(C)CC[C@]23C)C1(C)C. The van der Waals surface area contributed by atoms with E-state index in [0.29, 0.717) is 12.3 Å². The predicted molar refractivity (Wildman–Crippen MR) is 150 cm³/mol. The molecule has 0 radical (unpaired) electrons. The first-order valence-corrected chi connectivity index (χ1v) is 15.3. The third-order valence-corrected chi connectivity index (χ3v) is 13.6. The van der Waals surface area contributed by atoms with Gasteiger partial charge in [0.1, 0.15) is 6.10 Å². The summed E-state index contributed by atoms with van der Waals surface area (Å²) in [6.45, 7) is 17.5. The van der Waals surface area contributed by atoms with Gasteiger partial charge in [-0.25, -0.2) is 5.06 Å². The average molecular weight is 542 g/mol. The fraction of sp³-hybridized carbons (Fsp3) is 0.848. The molecule has 5 aliphatic carbocycles. The molecule has 0 aromatic rings. The summed E-state index contributed by atoms with van der Waals surface area (Å²) in [5.74, 6) is 0.210. The van der Waals surface area contributed by atoms with Crippen LogP contribution in [0.3, 0.4) is 0 Å². The van der Waals surface area contributed by atoms with Gasteiger partial charge in [0.15, 0.2) is 5.78 Å². The minimum absolute atomic E-state index is 0.0633. The van der Waals surface area contributed by atoms with Crippen molar-refractivity contribution in [2.45, 2.75) is 119 Å². The minimum atomic E-state index is -0.629. The Hall–Kier alpha value is -1.69. The molecule has 1 N–H and O–H groups in total. The van der Waals surface area contributed by atoms with E-state index in [9.17, 15) is 19.6 Å². The molecular formula is C33H51NO5. The van der Waals surface area contributed by atoms with Crippen LogP contribution in [0, 0.1) is 50.2 Å². The zero-order chi connectivity index (χ0) is 29.0. The Morgan fingerprint density at radius 2 is 1.59 bits per heavy atom. The van der Waals surface area contributed by atoms with Crippen LogP contribution in [0.25, 0.3) is 0 Å². The summed E-state index contributed by atoms with van der Waals surface area (Å²) in [6.07, 6.45) is 10.1. The topological polar surface area (TPSA) is 83.9 Å². The Kier molecular flexibility index (Phi) is 6.40. The van der Waals surface area contributed by atoms with E-state index < -0.39 is 5.41 Å². The van der Waals surface area contributed by atoms with Crippen molar-refractivity contribution in [2.24, 2.45) is 50.2 Å². The quantitative estimate of drug-likeness (QED) is 0.238. The highest BCUT2D eigenvalue weighted by Gasteiger charge is 2.70. The molecule has 0 aromatic heterocycles. The lowest BCUT2D eigenvalue weighted by Crippen LogP contribution is -2.66. The molecule has 4 fully saturated rings. The number of ketones is 1. The van der Waals surface area contributed by atoms with Crippen molar-refractivity contribution >= 4 is 17.7 Å². The third kappa shape index (κ3) is 3.78. The van der Waals surface area contributed by atoms with E-state index in [1.807, 2.05) is 13.0 Å². The van der Waals surface area contributed by atoms with Crippen LogP contribution in [0.15, 0.2) is 11.6 Å². The number of ether oxygens (including phenoxy) is 1. The molecule has 5 rings (SSSR count). The summed E-state index contributed by atoms with van der Waals surface area (Å²) in [7, 11) is 1.43. The monoisotopic (exact) mass is 541 g/mol.